The van der Waals surface area contributed by atoms with Crippen LogP contribution in [0.25, 0.3) is 6.08 Å². The maximum Gasteiger partial charge on any atom is 0.555 e. The SMILES string of the molecule is C.CCC(B1OC(C)(C)C(C)(C)O1)B1OC(C)(C)C(C)(C)O1.CCC1=Cc2cc(Br)ccc2OB1O.O=Cc1cc(Br)ccc1O. The molecule has 2 fully saturated rings. The molecule has 0 unspecified atom stereocenters. The topological polar surface area (TPSA) is 104 Å². The summed E-state index contributed by atoms with van der Waals surface area (Å²) in [5.41, 5.74) is 0.992. The molecule has 2 aromatic carbocycles. The molecule has 2 N–H and O–H groups in total. The Hall–Kier alpha value is -1.60. The van der Waals surface area contributed by atoms with Gasteiger partial charge in [0.1, 0.15) is 11.5 Å². The third kappa shape index (κ3) is 9.30. The molecule has 0 atom stereocenters. The van der Waals surface area contributed by atoms with Crippen molar-refractivity contribution in [3.63, 3.8) is 0 Å². The molecule has 2 aromatic rings. The fourth-order valence-corrected chi connectivity index (χ4v) is 5.50. The van der Waals surface area contributed by atoms with Gasteiger partial charge in [-0.1, -0.05) is 65.6 Å². The average molecular weight is 766 g/mol. The standard InChI is InChI=1S/C15H30B2O4.C10H10BBrO2.C7H5BrO2.CH4/c1-10-11(16-18-12(2,3)13(4,5)19-16)17-20-14(6,7)15(8,9)21-17;1-2-8-5-7-6-9(12)3-4-10(7)14-11(8)13;8-6-1-2-7(10)5(3-6)4-9;/h11H,10H2,1-9H3;3-6,13H,2H2,1H3;1-4,10H;1H4. The van der Waals surface area contributed by atoms with Gasteiger partial charge in [0.15, 0.2) is 6.29 Å². The van der Waals surface area contributed by atoms with E-state index in [1.807, 2.05) is 31.2 Å². The number of benzene rings is 2. The third-order valence-corrected chi connectivity index (χ3v) is 10.1. The molecule has 8 nitrogen and oxygen atoms in total. The summed E-state index contributed by atoms with van der Waals surface area (Å²) in [5.74, 6) is 0.746. The fraction of sp³-hybridized carbons (Fsp3) is 0.545. The Morgan fingerprint density at radius 3 is 1.67 bits per heavy atom. The first-order chi connectivity index (χ1) is 20.8. The number of carbonyl (C=O) groups excluding carboxylic acids is 1. The van der Waals surface area contributed by atoms with Crippen molar-refractivity contribution in [2.75, 3.05) is 0 Å². The predicted molar refractivity (Wildman–Crippen MR) is 195 cm³/mol. The summed E-state index contributed by atoms with van der Waals surface area (Å²) in [7, 11) is -1.38. The molecule has 0 radical (unpaired) electrons. The van der Waals surface area contributed by atoms with Gasteiger partial charge in [-0.15, -0.1) is 0 Å². The molecule has 0 aromatic heterocycles. The molecule has 5 rings (SSSR count). The largest absolute Gasteiger partial charge is 0.555 e. The van der Waals surface area contributed by atoms with Crippen LogP contribution >= 0.6 is 31.9 Å². The van der Waals surface area contributed by atoms with Crippen molar-refractivity contribution in [1.29, 1.82) is 0 Å². The highest BCUT2D eigenvalue weighted by Crippen LogP contribution is 2.46. The summed E-state index contributed by atoms with van der Waals surface area (Å²) in [5, 5.41) is 18.6. The van der Waals surface area contributed by atoms with Crippen LogP contribution in [-0.2, 0) is 18.6 Å². The summed E-state index contributed by atoms with van der Waals surface area (Å²) in [4.78, 5) is 10.2. The zero-order valence-corrected chi connectivity index (χ0v) is 31.1. The lowest BCUT2D eigenvalue weighted by Gasteiger charge is -2.32. The lowest BCUT2D eigenvalue weighted by molar-refractivity contribution is 0.00578. The molecule has 252 valence electrons. The summed E-state index contributed by atoms with van der Waals surface area (Å²) in [6.45, 7) is 20.7. The van der Waals surface area contributed by atoms with E-state index in [2.05, 4.69) is 94.2 Å². The molecule has 46 heavy (non-hydrogen) atoms. The van der Waals surface area contributed by atoms with E-state index in [-0.39, 0.29) is 55.5 Å². The van der Waals surface area contributed by atoms with Crippen LogP contribution < -0.4 is 4.65 Å². The van der Waals surface area contributed by atoms with Gasteiger partial charge in [-0.3, -0.25) is 4.79 Å². The Kier molecular flexibility index (Phi) is 13.9. The zero-order valence-electron chi connectivity index (χ0n) is 27.9. The van der Waals surface area contributed by atoms with Gasteiger partial charge in [-0.25, -0.2) is 0 Å². The predicted octanol–water partition coefficient (Wildman–Crippen LogP) is 8.75. The van der Waals surface area contributed by atoms with E-state index in [4.69, 9.17) is 28.4 Å². The highest BCUT2D eigenvalue weighted by molar-refractivity contribution is 9.10. The van der Waals surface area contributed by atoms with Crippen LogP contribution in [-0.4, -0.2) is 60.2 Å². The van der Waals surface area contributed by atoms with Crippen molar-refractivity contribution < 1.29 is 38.2 Å². The second-order valence-electron chi connectivity index (χ2n) is 13.4. The number of allylic oxidation sites excluding steroid dienone is 1. The van der Waals surface area contributed by atoms with E-state index in [0.717, 1.165) is 38.6 Å². The molecule has 3 aliphatic heterocycles. The van der Waals surface area contributed by atoms with Crippen LogP contribution in [0.2, 0.25) is 5.72 Å². The molecule has 0 aliphatic carbocycles. The number of aromatic hydroxyl groups is 1. The van der Waals surface area contributed by atoms with Gasteiger partial charge >= 0.3 is 21.4 Å². The molecule has 0 amide bonds. The normalized spacial score (nSPS) is 19.9. The maximum atomic E-state index is 10.2. The van der Waals surface area contributed by atoms with Crippen LogP contribution in [0.3, 0.4) is 0 Å². The van der Waals surface area contributed by atoms with Crippen molar-refractivity contribution in [3.8, 4) is 11.5 Å². The number of hydrogen-bond acceptors (Lipinski definition) is 8. The summed E-state index contributed by atoms with van der Waals surface area (Å²) < 4.78 is 31.9. The van der Waals surface area contributed by atoms with Crippen molar-refractivity contribution >= 4 is 65.6 Å². The van der Waals surface area contributed by atoms with E-state index in [1.165, 1.54) is 6.07 Å². The van der Waals surface area contributed by atoms with E-state index >= 15 is 0 Å². The minimum atomic E-state index is -0.784. The van der Waals surface area contributed by atoms with Crippen LogP contribution in [0, 0.1) is 0 Å². The monoisotopic (exact) mass is 764 g/mol. The van der Waals surface area contributed by atoms with Gasteiger partial charge in [0.2, 0.25) is 0 Å². The Bertz CT molecular complexity index is 1310. The molecule has 0 spiro atoms. The molecular formula is C33H49B3Br2O8. The Labute approximate surface area is 293 Å². The molecule has 0 saturated carbocycles. The zero-order chi connectivity index (χ0) is 34.0. The van der Waals surface area contributed by atoms with Gasteiger partial charge in [0.05, 0.1) is 28.0 Å². The van der Waals surface area contributed by atoms with Crippen LogP contribution in [0.15, 0.2) is 50.8 Å². The highest BCUT2D eigenvalue weighted by Gasteiger charge is 2.61. The minimum absolute atomic E-state index is 0. The quantitative estimate of drug-likeness (QED) is 0.230. The van der Waals surface area contributed by atoms with Crippen LogP contribution in [0.4, 0.5) is 0 Å². The number of carbonyl (C=O) groups is 1. The van der Waals surface area contributed by atoms with Crippen LogP contribution in [0.1, 0.15) is 105 Å². The van der Waals surface area contributed by atoms with Gasteiger partial charge in [0, 0.05) is 20.2 Å². The highest BCUT2D eigenvalue weighted by atomic mass is 79.9. The Morgan fingerprint density at radius 1 is 0.804 bits per heavy atom. The number of aldehydes is 1. The van der Waals surface area contributed by atoms with Crippen molar-refractivity contribution in [2.24, 2.45) is 0 Å². The molecule has 13 heteroatoms. The van der Waals surface area contributed by atoms with E-state index in [9.17, 15) is 9.82 Å². The summed E-state index contributed by atoms with van der Waals surface area (Å²) in [6.07, 6.45) is 4.27. The number of rotatable bonds is 5. The Morgan fingerprint density at radius 2 is 1.26 bits per heavy atom. The van der Waals surface area contributed by atoms with Crippen molar-refractivity contribution in [2.45, 2.75) is 118 Å². The number of fused-ring (bicyclic) bond motifs is 1. The first kappa shape index (κ1) is 40.6. The maximum absolute atomic E-state index is 10.2. The number of phenols is 1. The van der Waals surface area contributed by atoms with E-state index in [0.29, 0.717) is 11.8 Å². The molecule has 3 aliphatic rings. The lowest BCUT2D eigenvalue weighted by Crippen LogP contribution is -2.41. The number of hydrogen-bond donors (Lipinski definition) is 2. The van der Waals surface area contributed by atoms with Crippen molar-refractivity contribution in [3.05, 3.63) is 61.9 Å². The molecule has 0 bridgehead atoms. The van der Waals surface area contributed by atoms with Crippen LogP contribution in [0.5, 0.6) is 11.5 Å². The molecular weight excluding hydrogens is 717 g/mol. The van der Waals surface area contributed by atoms with Gasteiger partial charge in [-0.05, 0) is 104 Å². The lowest BCUT2D eigenvalue weighted by atomic mass is 9.50. The second-order valence-corrected chi connectivity index (χ2v) is 15.2. The van der Waals surface area contributed by atoms with Gasteiger partial charge in [0.25, 0.3) is 0 Å². The van der Waals surface area contributed by atoms with Gasteiger partial charge in [-0.2, -0.15) is 0 Å². The molecule has 2 saturated heterocycles. The van der Waals surface area contributed by atoms with E-state index < -0.39 is 7.12 Å². The second kappa shape index (κ2) is 15.7. The Balaban J connectivity index is 0.000000255. The first-order valence-corrected chi connectivity index (χ1v) is 16.9. The number of halogens is 2. The molecule has 3 heterocycles. The number of phenolic OH excluding ortho intramolecular Hbond substituents is 1. The minimum Gasteiger partial charge on any atom is -0.532 e. The van der Waals surface area contributed by atoms with E-state index in [1.54, 1.807) is 12.1 Å². The average Bonchev–Trinajstić information content (AvgIpc) is 3.29. The van der Waals surface area contributed by atoms with Crippen molar-refractivity contribution in [1.82, 2.24) is 0 Å². The smallest absolute Gasteiger partial charge is 0.532 e. The van der Waals surface area contributed by atoms with Gasteiger partial charge < -0.3 is 33.4 Å². The summed E-state index contributed by atoms with van der Waals surface area (Å²) >= 11 is 6.57. The summed E-state index contributed by atoms with van der Waals surface area (Å²) in [6, 6.07) is 10.4. The third-order valence-electron chi connectivity index (χ3n) is 9.11. The first-order valence-electron chi connectivity index (χ1n) is 15.3. The fourth-order valence-electron chi connectivity index (χ4n) is 4.74.